The Morgan fingerprint density at radius 3 is 3.00 bits per heavy atom. The van der Waals surface area contributed by atoms with E-state index in [9.17, 15) is 0 Å². The molecular formula is C23H28N2O2. The first-order valence-corrected chi connectivity index (χ1v) is 9.90. The molecule has 0 saturated carbocycles. The van der Waals surface area contributed by atoms with Crippen molar-refractivity contribution in [2.45, 2.75) is 46.1 Å². The number of ether oxygens (including phenoxy) is 2. The van der Waals surface area contributed by atoms with E-state index in [2.05, 4.69) is 66.8 Å². The van der Waals surface area contributed by atoms with Crippen molar-refractivity contribution < 1.29 is 9.47 Å². The van der Waals surface area contributed by atoms with Crippen molar-refractivity contribution in [2.24, 2.45) is 10.4 Å². The molecule has 4 rings (SSSR count). The van der Waals surface area contributed by atoms with E-state index in [1.165, 1.54) is 16.8 Å². The minimum absolute atomic E-state index is 0.0182. The van der Waals surface area contributed by atoms with E-state index < -0.39 is 0 Å². The van der Waals surface area contributed by atoms with Gasteiger partial charge in [-0.2, -0.15) is 0 Å². The molecule has 0 aromatic heterocycles. The monoisotopic (exact) mass is 364 g/mol. The average Bonchev–Trinajstić information content (AvgIpc) is 3.17. The van der Waals surface area contributed by atoms with Crippen LogP contribution in [0.5, 0.6) is 0 Å². The van der Waals surface area contributed by atoms with Crippen LogP contribution < -0.4 is 0 Å². The van der Waals surface area contributed by atoms with Crippen LogP contribution in [0.3, 0.4) is 0 Å². The van der Waals surface area contributed by atoms with Gasteiger partial charge in [0.05, 0.1) is 11.8 Å². The van der Waals surface area contributed by atoms with Crippen LogP contribution in [-0.2, 0) is 15.9 Å². The third-order valence-electron chi connectivity index (χ3n) is 5.05. The fourth-order valence-corrected chi connectivity index (χ4v) is 3.61. The van der Waals surface area contributed by atoms with Crippen molar-refractivity contribution in [3.05, 3.63) is 41.0 Å². The van der Waals surface area contributed by atoms with Crippen LogP contribution in [-0.4, -0.2) is 43.3 Å². The van der Waals surface area contributed by atoms with E-state index in [1.54, 1.807) is 0 Å². The van der Waals surface area contributed by atoms with Gasteiger partial charge in [-0.15, -0.1) is 0 Å². The highest BCUT2D eigenvalue weighted by atomic mass is 16.5. The van der Waals surface area contributed by atoms with Crippen molar-refractivity contribution in [1.29, 1.82) is 0 Å². The topological polar surface area (TPSA) is 34.1 Å². The Hall–Kier alpha value is -2.25. The normalized spacial score (nSPS) is 21.4. The third kappa shape index (κ3) is 4.36. The highest BCUT2D eigenvalue weighted by Crippen LogP contribution is 2.31. The Morgan fingerprint density at radius 2 is 2.22 bits per heavy atom. The first-order chi connectivity index (χ1) is 13.0. The first kappa shape index (κ1) is 18.1. The third-order valence-corrected chi connectivity index (χ3v) is 5.05. The SMILES string of the molecule is CC(C)(C)C#Cc1ccc2c(c1)CCN1CN=C(OCC3CCCO3)C=C21. The molecule has 4 heteroatoms. The van der Waals surface area contributed by atoms with Crippen LogP contribution in [0.1, 0.15) is 50.3 Å². The van der Waals surface area contributed by atoms with Gasteiger partial charge in [-0.3, -0.25) is 0 Å². The maximum absolute atomic E-state index is 5.93. The Bertz CT molecular complexity index is 830. The Kier molecular flexibility index (Phi) is 4.97. The minimum atomic E-state index is 0.0182. The van der Waals surface area contributed by atoms with Crippen LogP contribution in [0.25, 0.3) is 5.70 Å². The number of fused-ring (bicyclic) bond motifs is 3. The van der Waals surface area contributed by atoms with Crippen LogP contribution in [0.4, 0.5) is 0 Å². The molecule has 0 radical (unpaired) electrons. The zero-order valence-electron chi connectivity index (χ0n) is 16.5. The highest BCUT2D eigenvalue weighted by Gasteiger charge is 2.25. The molecule has 1 fully saturated rings. The van der Waals surface area contributed by atoms with Crippen molar-refractivity contribution >= 4 is 11.6 Å². The molecule has 1 atom stereocenters. The summed E-state index contributed by atoms with van der Waals surface area (Å²) in [7, 11) is 0. The molecule has 1 unspecified atom stereocenters. The lowest BCUT2D eigenvalue weighted by molar-refractivity contribution is 0.0639. The number of benzene rings is 1. The summed E-state index contributed by atoms with van der Waals surface area (Å²) in [5, 5.41) is 0. The van der Waals surface area contributed by atoms with Gasteiger partial charge in [0.15, 0.2) is 0 Å². The van der Waals surface area contributed by atoms with Gasteiger partial charge < -0.3 is 14.4 Å². The van der Waals surface area contributed by atoms with Gasteiger partial charge >= 0.3 is 0 Å². The second-order valence-electron chi connectivity index (χ2n) is 8.50. The van der Waals surface area contributed by atoms with Crippen LogP contribution >= 0.6 is 0 Å². The van der Waals surface area contributed by atoms with E-state index in [1.807, 2.05) is 0 Å². The Balaban J connectivity index is 1.52. The predicted octanol–water partition coefficient (Wildman–Crippen LogP) is 3.85. The second kappa shape index (κ2) is 7.40. The summed E-state index contributed by atoms with van der Waals surface area (Å²) in [6, 6.07) is 6.56. The van der Waals surface area contributed by atoms with Gasteiger partial charge in [0.25, 0.3) is 0 Å². The Morgan fingerprint density at radius 1 is 1.33 bits per heavy atom. The highest BCUT2D eigenvalue weighted by molar-refractivity contribution is 5.96. The van der Waals surface area contributed by atoms with E-state index in [-0.39, 0.29) is 11.5 Å². The number of hydrogen-bond acceptors (Lipinski definition) is 4. The predicted molar refractivity (Wildman–Crippen MR) is 108 cm³/mol. The summed E-state index contributed by atoms with van der Waals surface area (Å²) in [6.07, 6.45) is 5.53. The zero-order chi connectivity index (χ0) is 18.9. The maximum atomic E-state index is 5.93. The number of rotatable bonds is 2. The molecule has 142 valence electrons. The van der Waals surface area contributed by atoms with Gasteiger partial charge in [-0.1, -0.05) is 17.9 Å². The zero-order valence-corrected chi connectivity index (χ0v) is 16.5. The minimum Gasteiger partial charge on any atom is -0.475 e. The molecule has 0 aliphatic carbocycles. The lowest BCUT2D eigenvalue weighted by Gasteiger charge is -2.34. The summed E-state index contributed by atoms with van der Waals surface area (Å²) in [5.41, 5.74) is 4.96. The summed E-state index contributed by atoms with van der Waals surface area (Å²) < 4.78 is 11.6. The molecule has 1 aromatic carbocycles. The number of nitrogens with zero attached hydrogens (tertiary/aromatic N) is 2. The van der Waals surface area contributed by atoms with Gasteiger partial charge in [-0.05, 0) is 57.7 Å². The quantitative estimate of drug-likeness (QED) is 0.748. The van der Waals surface area contributed by atoms with Gasteiger partial charge in [0, 0.05) is 35.8 Å². The Labute approximate surface area is 162 Å². The summed E-state index contributed by atoms with van der Waals surface area (Å²) in [6.45, 7) is 9.51. The van der Waals surface area contributed by atoms with Crippen molar-refractivity contribution in [2.75, 3.05) is 26.4 Å². The molecule has 3 aliphatic rings. The van der Waals surface area contributed by atoms with E-state index in [4.69, 9.17) is 9.47 Å². The molecular weight excluding hydrogens is 336 g/mol. The summed E-state index contributed by atoms with van der Waals surface area (Å²) in [4.78, 5) is 6.91. The second-order valence-corrected chi connectivity index (χ2v) is 8.50. The van der Waals surface area contributed by atoms with Crippen molar-refractivity contribution in [1.82, 2.24) is 4.90 Å². The molecule has 4 nitrogen and oxygen atoms in total. The lowest BCUT2D eigenvalue weighted by atomic mass is 9.93. The molecule has 0 amide bonds. The van der Waals surface area contributed by atoms with Gasteiger partial charge in [-0.25, -0.2) is 4.99 Å². The van der Waals surface area contributed by atoms with Crippen molar-refractivity contribution in [3.8, 4) is 11.8 Å². The van der Waals surface area contributed by atoms with E-state index >= 15 is 0 Å². The van der Waals surface area contributed by atoms with Gasteiger partial charge in [0.1, 0.15) is 13.3 Å². The lowest BCUT2D eigenvalue weighted by Crippen LogP contribution is -2.33. The van der Waals surface area contributed by atoms with Crippen LogP contribution in [0.15, 0.2) is 29.3 Å². The number of aliphatic imine (C=N–C) groups is 1. The fourth-order valence-electron chi connectivity index (χ4n) is 3.61. The van der Waals surface area contributed by atoms with Crippen molar-refractivity contribution in [3.63, 3.8) is 0 Å². The average molecular weight is 364 g/mol. The maximum Gasteiger partial charge on any atom is 0.212 e. The van der Waals surface area contributed by atoms with Gasteiger partial charge in [0.2, 0.25) is 5.90 Å². The molecule has 0 spiro atoms. The standard InChI is InChI=1S/C23H28N2O2/c1-23(2,3)10-8-17-6-7-20-18(13-17)9-11-25-16-24-22(14-21(20)25)27-15-19-5-4-12-26-19/h6-7,13-14,19H,4-5,9,11-12,15-16H2,1-3H3. The molecule has 1 aromatic rings. The van der Waals surface area contributed by atoms with Crippen LogP contribution in [0, 0.1) is 17.3 Å². The van der Waals surface area contributed by atoms with E-state index in [0.717, 1.165) is 43.9 Å². The molecule has 27 heavy (non-hydrogen) atoms. The first-order valence-electron chi connectivity index (χ1n) is 9.90. The summed E-state index contributed by atoms with van der Waals surface area (Å²) >= 11 is 0. The summed E-state index contributed by atoms with van der Waals surface area (Å²) in [5.74, 6) is 7.37. The number of hydrogen-bond donors (Lipinski definition) is 0. The van der Waals surface area contributed by atoms with E-state index in [0.29, 0.717) is 13.3 Å². The molecule has 1 saturated heterocycles. The molecule has 0 bridgehead atoms. The fraction of sp³-hybridized carbons (Fsp3) is 0.522. The van der Waals surface area contributed by atoms with Crippen LogP contribution in [0.2, 0.25) is 0 Å². The molecule has 3 aliphatic heterocycles. The molecule has 3 heterocycles. The molecule has 0 N–H and O–H groups in total. The largest absolute Gasteiger partial charge is 0.475 e. The smallest absolute Gasteiger partial charge is 0.212 e.